The van der Waals surface area contributed by atoms with E-state index in [1.807, 2.05) is 36.4 Å². The maximum Gasteiger partial charge on any atom is 0.282 e. The third-order valence-corrected chi connectivity index (χ3v) is 4.78. The third-order valence-electron chi connectivity index (χ3n) is 4.78. The number of hydrogen-bond acceptors (Lipinski definition) is 7. The summed E-state index contributed by atoms with van der Waals surface area (Å²) in [7, 11) is 1.42. The van der Waals surface area contributed by atoms with Crippen LogP contribution in [0.25, 0.3) is 0 Å². The van der Waals surface area contributed by atoms with E-state index in [0.29, 0.717) is 5.69 Å². The minimum absolute atomic E-state index is 0.0440. The Labute approximate surface area is 201 Å². The molecule has 180 valence electrons. The topological polar surface area (TPSA) is 132 Å². The first kappa shape index (κ1) is 24.9. The first-order chi connectivity index (χ1) is 17.0. The zero-order chi connectivity index (χ0) is 25.0. The molecule has 0 aliphatic heterocycles. The summed E-state index contributed by atoms with van der Waals surface area (Å²) in [5.74, 6) is -0.353. The van der Waals surface area contributed by atoms with Gasteiger partial charge in [-0.2, -0.15) is 5.10 Å². The van der Waals surface area contributed by atoms with Crippen LogP contribution < -0.4 is 20.2 Å². The molecule has 0 atom stereocenters. The van der Waals surface area contributed by atoms with E-state index in [1.165, 1.54) is 19.2 Å². The molecule has 10 nitrogen and oxygen atoms in total. The number of rotatable bonds is 11. The zero-order valence-electron chi connectivity index (χ0n) is 19.0. The van der Waals surface area contributed by atoms with E-state index in [2.05, 4.69) is 15.8 Å². The van der Waals surface area contributed by atoms with Crippen LogP contribution in [0.5, 0.6) is 11.5 Å². The summed E-state index contributed by atoms with van der Waals surface area (Å²) < 4.78 is 11.0. The van der Waals surface area contributed by atoms with Gasteiger partial charge < -0.3 is 14.8 Å². The molecule has 0 radical (unpaired) electrons. The molecular weight excluding hydrogens is 452 g/mol. The van der Waals surface area contributed by atoms with Gasteiger partial charge >= 0.3 is 0 Å². The SMILES string of the molecule is COc1cc(C=NNC(=O)CCC(=O)Nc2ccccc2)c([N+](=O)[O-])cc1OCc1ccccc1. The maximum absolute atomic E-state index is 12.0. The van der Waals surface area contributed by atoms with Gasteiger partial charge in [0, 0.05) is 18.5 Å². The number of amides is 2. The summed E-state index contributed by atoms with van der Waals surface area (Å²) in [5.41, 5.74) is 3.64. The molecule has 0 heterocycles. The Morgan fingerprint density at radius 2 is 1.63 bits per heavy atom. The molecule has 0 spiro atoms. The third kappa shape index (κ3) is 7.67. The Hall–Kier alpha value is -4.73. The second-order valence-electron chi connectivity index (χ2n) is 7.30. The molecule has 0 aromatic heterocycles. The van der Waals surface area contributed by atoms with Crippen molar-refractivity contribution in [2.75, 3.05) is 12.4 Å². The highest BCUT2D eigenvalue weighted by Crippen LogP contribution is 2.34. The van der Waals surface area contributed by atoms with Crippen molar-refractivity contribution in [3.05, 3.63) is 94.0 Å². The summed E-state index contributed by atoms with van der Waals surface area (Å²) in [5, 5.41) is 18.1. The van der Waals surface area contributed by atoms with Gasteiger partial charge in [0.2, 0.25) is 11.8 Å². The van der Waals surface area contributed by atoms with Gasteiger partial charge in [-0.1, -0.05) is 48.5 Å². The molecule has 0 aliphatic rings. The summed E-state index contributed by atoms with van der Waals surface area (Å²) in [6.07, 6.45) is 0.995. The number of nitro groups is 1. The fourth-order valence-electron chi connectivity index (χ4n) is 3.04. The standard InChI is InChI=1S/C25H24N4O6/c1-34-22-14-19(21(29(32)33)15-23(22)35-17-18-8-4-2-5-9-18)16-26-28-25(31)13-12-24(30)27-20-10-6-3-7-11-20/h2-11,14-16H,12-13,17H2,1H3,(H,27,30)(H,28,31). The molecule has 2 N–H and O–H groups in total. The van der Waals surface area contributed by atoms with Gasteiger partial charge in [-0.15, -0.1) is 0 Å². The van der Waals surface area contributed by atoms with Crippen LogP contribution in [-0.2, 0) is 16.2 Å². The lowest BCUT2D eigenvalue weighted by Crippen LogP contribution is -2.20. The van der Waals surface area contributed by atoms with E-state index < -0.39 is 10.8 Å². The van der Waals surface area contributed by atoms with E-state index >= 15 is 0 Å². The van der Waals surface area contributed by atoms with Crippen molar-refractivity contribution >= 4 is 29.4 Å². The van der Waals surface area contributed by atoms with Crippen molar-refractivity contribution < 1.29 is 24.0 Å². The number of hydrogen-bond donors (Lipinski definition) is 2. The van der Waals surface area contributed by atoms with Crippen molar-refractivity contribution in [3.8, 4) is 11.5 Å². The van der Waals surface area contributed by atoms with Gasteiger partial charge in [-0.05, 0) is 23.8 Å². The predicted molar refractivity (Wildman–Crippen MR) is 130 cm³/mol. The molecule has 3 aromatic rings. The Bertz CT molecular complexity index is 1200. The zero-order valence-corrected chi connectivity index (χ0v) is 19.0. The number of para-hydroxylation sites is 1. The van der Waals surface area contributed by atoms with Gasteiger partial charge in [-0.25, -0.2) is 5.43 Å². The Morgan fingerprint density at radius 1 is 0.971 bits per heavy atom. The fraction of sp³-hybridized carbons (Fsp3) is 0.160. The largest absolute Gasteiger partial charge is 0.493 e. The highest BCUT2D eigenvalue weighted by Gasteiger charge is 2.19. The molecule has 0 bridgehead atoms. The molecule has 2 amide bonds. The van der Waals surface area contributed by atoms with Crippen molar-refractivity contribution in [1.29, 1.82) is 0 Å². The molecule has 3 rings (SSSR count). The number of nitro benzene ring substituents is 1. The average Bonchev–Trinajstić information content (AvgIpc) is 2.87. The summed E-state index contributed by atoms with van der Waals surface area (Å²) in [6, 6.07) is 20.9. The molecular formula is C25H24N4O6. The molecule has 0 saturated heterocycles. The van der Waals surface area contributed by atoms with Crippen molar-refractivity contribution in [3.63, 3.8) is 0 Å². The number of nitrogens with zero attached hydrogens (tertiary/aromatic N) is 2. The minimum Gasteiger partial charge on any atom is -0.493 e. The van der Waals surface area contributed by atoms with Crippen LogP contribution in [0.3, 0.4) is 0 Å². The number of methoxy groups -OCH3 is 1. The number of carbonyl (C=O) groups excluding carboxylic acids is 2. The first-order valence-corrected chi connectivity index (χ1v) is 10.7. The first-order valence-electron chi connectivity index (χ1n) is 10.7. The van der Waals surface area contributed by atoms with Crippen molar-refractivity contribution in [2.45, 2.75) is 19.4 Å². The second-order valence-corrected chi connectivity index (χ2v) is 7.30. The molecule has 35 heavy (non-hydrogen) atoms. The number of anilines is 1. The van der Waals surface area contributed by atoms with Crippen molar-refractivity contribution in [1.82, 2.24) is 5.43 Å². The van der Waals surface area contributed by atoms with Crippen molar-refractivity contribution in [2.24, 2.45) is 5.10 Å². The van der Waals surface area contributed by atoms with E-state index in [0.717, 1.165) is 11.8 Å². The lowest BCUT2D eigenvalue weighted by Gasteiger charge is -2.12. The van der Waals surface area contributed by atoms with E-state index in [9.17, 15) is 19.7 Å². The molecule has 0 unspecified atom stereocenters. The predicted octanol–water partition coefficient (Wildman–Crippen LogP) is 4.05. The molecule has 0 aliphatic carbocycles. The van der Waals surface area contributed by atoms with Crippen LogP contribution in [0.15, 0.2) is 77.9 Å². The van der Waals surface area contributed by atoms with Gasteiger partial charge in [-0.3, -0.25) is 19.7 Å². The number of nitrogens with one attached hydrogen (secondary N) is 2. The molecule has 3 aromatic carbocycles. The lowest BCUT2D eigenvalue weighted by molar-refractivity contribution is -0.385. The highest BCUT2D eigenvalue weighted by atomic mass is 16.6. The fourth-order valence-corrected chi connectivity index (χ4v) is 3.04. The van der Waals surface area contributed by atoms with E-state index in [1.54, 1.807) is 24.3 Å². The molecule has 0 saturated carbocycles. The van der Waals surface area contributed by atoms with Gasteiger partial charge in [0.1, 0.15) is 6.61 Å². The highest BCUT2D eigenvalue weighted by molar-refractivity contribution is 5.93. The normalized spacial score (nSPS) is 10.5. The molecule has 10 heteroatoms. The van der Waals surface area contributed by atoms with E-state index in [4.69, 9.17) is 9.47 Å². The summed E-state index contributed by atoms with van der Waals surface area (Å²) in [6.45, 7) is 0.204. The number of hydrazone groups is 1. The van der Waals surface area contributed by atoms with Gasteiger partial charge in [0.15, 0.2) is 11.5 Å². The quantitative estimate of drug-likeness (QED) is 0.244. The number of carbonyl (C=O) groups is 2. The Kier molecular flexibility index (Phi) is 8.89. The van der Waals surface area contributed by atoms with Crippen LogP contribution in [0.1, 0.15) is 24.0 Å². The summed E-state index contributed by atoms with van der Waals surface area (Å²) in [4.78, 5) is 35.0. The Morgan fingerprint density at radius 3 is 2.29 bits per heavy atom. The lowest BCUT2D eigenvalue weighted by atomic mass is 10.1. The van der Waals surface area contributed by atoms with Crippen LogP contribution >= 0.6 is 0 Å². The number of benzene rings is 3. The average molecular weight is 476 g/mol. The second kappa shape index (κ2) is 12.5. The molecule has 0 fully saturated rings. The van der Waals surface area contributed by atoms with E-state index in [-0.39, 0.29) is 48.1 Å². The van der Waals surface area contributed by atoms with Crippen LogP contribution in [0.4, 0.5) is 11.4 Å². The summed E-state index contributed by atoms with van der Waals surface area (Å²) >= 11 is 0. The Balaban J connectivity index is 1.60. The van der Waals surface area contributed by atoms with Crippen LogP contribution in [0.2, 0.25) is 0 Å². The van der Waals surface area contributed by atoms with Gasteiger partial charge in [0.05, 0.1) is 29.9 Å². The minimum atomic E-state index is -0.577. The van der Waals surface area contributed by atoms with Crippen LogP contribution in [-0.4, -0.2) is 30.1 Å². The maximum atomic E-state index is 12.0. The number of ether oxygens (including phenoxy) is 2. The van der Waals surface area contributed by atoms with Gasteiger partial charge in [0.25, 0.3) is 5.69 Å². The monoisotopic (exact) mass is 476 g/mol. The van der Waals surface area contributed by atoms with Crippen LogP contribution in [0, 0.1) is 10.1 Å². The smallest absolute Gasteiger partial charge is 0.282 e.